The fourth-order valence-corrected chi connectivity index (χ4v) is 4.38. The van der Waals surface area contributed by atoms with Crippen LogP contribution >= 0.6 is 0 Å². The van der Waals surface area contributed by atoms with Crippen LogP contribution < -0.4 is 10.2 Å². The number of hydrogen-bond donors (Lipinski definition) is 1. The summed E-state index contributed by atoms with van der Waals surface area (Å²) < 4.78 is 19.0. The number of urea groups is 1. The molecule has 0 aliphatic carbocycles. The van der Waals surface area contributed by atoms with Crippen molar-refractivity contribution in [2.75, 3.05) is 37.6 Å². The minimum atomic E-state index is -0.593. The Balaban J connectivity index is 1.46. The Morgan fingerprint density at radius 2 is 2.04 bits per heavy atom. The minimum absolute atomic E-state index is 0.0624. The molecule has 28 heavy (non-hydrogen) atoms. The molecule has 1 aromatic rings. The van der Waals surface area contributed by atoms with Crippen LogP contribution in [0.1, 0.15) is 26.7 Å². The van der Waals surface area contributed by atoms with Crippen LogP contribution in [0.4, 0.5) is 19.8 Å². The molecule has 0 saturated carbocycles. The highest BCUT2D eigenvalue weighted by atomic mass is 19.1. The average molecular weight is 391 g/mol. The Labute approximate surface area is 163 Å². The van der Waals surface area contributed by atoms with E-state index >= 15 is 0 Å². The molecule has 3 amide bonds. The molecule has 0 radical (unpaired) electrons. The molecule has 1 unspecified atom stereocenters. The highest BCUT2D eigenvalue weighted by Crippen LogP contribution is 2.40. The van der Waals surface area contributed by atoms with E-state index in [9.17, 15) is 14.0 Å². The Kier molecular flexibility index (Phi) is 4.76. The zero-order chi connectivity index (χ0) is 19.9. The van der Waals surface area contributed by atoms with Gasteiger partial charge in [-0.2, -0.15) is 0 Å². The number of nitrogens with zero attached hydrogens (tertiary/aromatic N) is 4. The number of halogens is 1. The summed E-state index contributed by atoms with van der Waals surface area (Å²) in [6.45, 7) is 6.64. The molecule has 0 aromatic carbocycles. The van der Waals surface area contributed by atoms with E-state index in [-0.39, 0.29) is 30.0 Å². The topological polar surface area (TPSA) is 78.0 Å². The molecule has 1 N–H and O–H groups in total. The van der Waals surface area contributed by atoms with Crippen molar-refractivity contribution in [2.45, 2.75) is 44.4 Å². The van der Waals surface area contributed by atoms with Crippen LogP contribution in [-0.4, -0.2) is 77.3 Å². The number of nitrogens with one attached hydrogen (secondary N) is 1. The predicted molar refractivity (Wildman–Crippen MR) is 101 cm³/mol. The number of piperidine rings is 1. The van der Waals surface area contributed by atoms with Gasteiger partial charge >= 0.3 is 12.1 Å². The van der Waals surface area contributed by atoms with Crippen LogP contribution in [0.3, 0.4) is 0 Å². The van der Waals surface area contributed by atoms with Crippen molar-refractivity contribution in [1.82, 2.24) is 20.1 Å². The molecule has 0 bridgehead atoms. The second kappa shape index (κ2) is 7.10. The van der Waals surface area contributed by atoms with Crippen molar-refractivity contribution >= 4 is 17.9 Å². The number of fused-ring (bicyclic) bond motifs is 2. The van der Waals surface area contributed by atoms with Crippen LogP contribution in [-0.2, 0) is 4.74 Å². The van der Waals surface area contributed by atoms with Gasteiger partial charge in [0.25, 0.3) is 0 Å². The number of aromatic nitrogens is 1. The van der Waals surface area contributed by atoms with Crippen LogP contribution in [0.15, 0.2) is 18.3 Å². The lowest BCUT2D eigenvalue weighted by atomic mass is 9.83. The fraction of sp³-hybridized carbons (Fsp3) is 0.632. The lowest BCUT2D eigenvalue weighted by molar-refractivity contribution is 0.0000403. The molecule has 1 aromatic heterocycles. The molecule has 1 atom stereocenters. The SMILES string of the molecule is CC(C)NC(=O)N1CCN2C(=O)OC3(CCN(c4ccc(F)cn4)CC3)C2C1. The Morgan fingerprint density at radius 3 is 2.68 bits per heavy atom. The average Bonchev–Trinajstić information content (AvgIpc) is 2.94. The van der Waals surface area contributed by atoms with E-state index in [1.54, 1.807) is 15.9 Å². The number of hydrogen-bond acceptors (Lipinski definition) is 5. The largest absolute Gasteiger partial charge is 0.440 e. The molecule has 8 nitrogen and oxygen atoms in total. The monoisotopic (exact) mass is 391 g/mol. The van der Waals surface area contributed by atoms with Crippen molar-refractivity contribution in [3.8, 4) is 0 Å². The maximum atomic E-state index is 13.1. The molecular formula is C19H26FN5O3. The third kappa shape index (κ3) is 3.33. The van der Waals surface area contributed by atoms with Crippen LogP contribution in [0.25, 0.3) is 0 Å². The second-order valence-electron chi connectivity index (χ2n) is 8.01. The van der Waals surface area contributed by atoms with E-state index in [4.69, 9.17) is 4.74 Å². The van der Waals surface area contributed by atoms with Crippen LogP contribution in [0.2, 0.25) is 0 Å². The predicted octanol–water partition coefficient (Wildman–Crippen LogP) is 1.81. The molecule has 3 aliphatic rings. The second-order valence-corrected chi connectivity index (χ2v) is 8.01. The maximum Gasteiger partial charge on any atom is 0.410 e. The number of rotatable bonds is 2. The molecule has 4 heterocycles. The summed E-state index contributed by atoms with van der Waals surface area (Å²) in [5.74, 6) is 0.360. The van der Waals surface area contributed by atoms with Gasteiger partial charge in [0.05, 0.1) is 12.2 Å². The Hall–Kier alpha value is -2.58. The first-order valence-electron chi connectivity index (χ1n) is 9.79. The lowest BCUT2D eigenvalue weighted by Gasteiger charge is -2.45. The molecule has 3 aliphatic heterocycles. The third-order valence-electron chi connectivity index (χ3n) is 5.86. The first-order valence-corrected chi connectivity index (χ1v) is 9.79. The molecule has 152 valence electrons. The van der Waals surface area contributed by atoms with Gasteiger partial charge in [0.2, 0.25) is 0 Å². The van der Waals surface area contributed by atoms with E-state index < -0.39 is 5.60 Å². The number of carbonyl (C=O) groups is 2. The smallest absolute Gasteiger partial charge is 0.410 e. The minimum Gasteiger partial charge on any atom is -0.440 e. The number of piperazine rings is 1. The molecule has 3 fully saturated rings. The third-order valence-corrected chi connectivity index (χ3v) is 5.86. The van der Waals surface area contributed by atoms with Crippen LogP contribution in [0.5, 0.6) is 0 Å². The van der Waals surface area contributed by atoms with Gasteiger partial charge in [-0.15, -0.1) is 0 Å². The van der Waals surface area contributed by atoms with E-state index in [1.807, 2.05) is 13.8 Å². The van der Waals surface area contributed by atoms with Gasteiger partial charge in [0.1, 0.15) is 17.2 Å². The molecule has 4 rings (SSSR count). The van der Waals surface area contributed by atoms with E-state index in [1.165, 1.54) is 12.3 Å². The first kappa shape index (κ1) is 18.8. The zero-order valence-electron chi connectivity index (χ0n) is 16.2. The normalized spacial score (nSPS) is 23.8. The standard InChI is InChI=1S/C19H26FN5O3/c1-13(2)22-17(26)24-9-10-25-15(12-24)19(28-18(25)27)5-7-23(8-6-19)16-4-3-14(20)11-21-16/h3-4,11,13,15H,5-10,12H2,1-2H3,(H,22,26). The Morgan fingerprint density at radius 1 is 1.29 bits per heavy atom. The number of anilines is 1. The van der Waals surface area contributed by atoms with E-state index in [0.29, 0.717) is 45.6 Å². The summed E-state index contributed by atoms with van der Waals surface area (Å²) in [6, 6.07) is 2.88. The Bertz CT molecular complexity index is 748. The first-order chi connectivity index (χ1) is 13.4. The molecule has 3 saturated heterocycles. The summed E-state index contributed by atoms with van der Waals surface area (Å²) in [5.41, 5.74) is -0.593. The highest BCUT2D eigenvalue weighted by molar-refractivity contribution is 5.76. The zero-order valence-corrected chi connectivity index (χ0v) is 16.2. The van der Waals surface area contributed by atoms with Gasteiger partial charge in [-0.3, -0.25) is 4.90 Å². The van der Waals surface area contributed by atoms with Gasteiger partial charge < -0.3 is 19.9 Å². The van der Waals surface area contributed by atoms with Crippen molar-refractivity contribution < 1.29 is 18.7 Å². The lowest BCUT2D eigenvalue weighted by Crippen LogP contribution is -2.62. The maximum absolute atomic E-state index is 13.1. The van der Waals surface area contributed by atoms with Crippen LogP contribution in [0, 0.1) is 5.82 Å². The van der Waals surface area contributed by atoms with Gasteiger partial charge in [0, 0.05) is 51.6 Å². The fourth-order valence-electron chi connectivity index (χ4n) is 4.38. The number of carbonyl (C=O) groups excluding carboxylic acids is 2. The van der Waals surface area contributed by atoms with Crippen molar-refractivity contribution in [3.05, 3.63) is 24.1 Å². The summed E-state index contributed by atoms with van der Waals surface area (Å²) in [6.07, 6.45) is 2.22. The molecule has 9 heteroatoms. The van der Waals surface area contributed by atoms with Gasteiger partial charge in [-0.1, -0.05) is 0 Å². The quantitative estimate of drug-likeness (QED) is 0.832. The number of ether oxygens (including phenoxy) is 1. The highest BCUT2D eigenvalue weighted by Gasteiger charge is 2.57. The van der Waals surface area contributed by atoms with Crippen molar-refractivity contribution in [1.29, 1.82) is 0 Å². The summed E-state index contributed by atoms with van der Waals surface area (Å²) in [4.78, 5) is 34.6. The van der Waals surface area contributed by atoms with Gasteiger partial charge in [-0.05, 0) is 26.0 Å². The summed E-state index contributed by atoms with van der Waals surface area (Å²) in [5, 5.41) is 2.92. The van der Waals surface area contributed by atoms with E-state index in [2.05, 4.69) is 15.2 Å². The molecular weight excluding hydrogens is 365 g/mol. The summed E-state index contributed by atoms with van der Waals surface area (Å²) in [7, 11) is 0. The number of amides is 3. The number of pyridine rings is 1. The van der Waals surface area contributed by atoms with Crippen molar-refractivity contribution in [2.24, 2.45) is 0 Å². The molecule has 1 spiro atoms. The van der Waals surface area contributed by atoms with Gasteiger partial charge in [0.15, 0.2) is 0 Å². The van der Waals surface area contributed by atoms with E-state index in [0.717, 1.165) is 5.82 Å². The van der Waals surface area contributed by atoms with Gasteiger partial charge in [-0.25, -0.2) is 19.0 Å². The van der Waals surface area contributed by atoms with Crippen molar-refractivity contribution in [3.63, 3.8) is 0 Å². The summed E-state index contributed by atoms with van der Waals surface area (Å²) >= 11 is 0.